The molecule has 0 saturated carbocycles. The van der Waals surface area contributed by atoms with Crippen molar-refractivity contribution in [1.82, 2.24) is 14.4 Å². The van der Waals surface area contributed by atoms with Crippen molar-refractivity contribution in [1.29, 1.82) is 0 Å². The first-order valence-electron chi connectivity index (χ1n) is 5.33. The van der Waals surface area contributed by atoms with Crippen LogP contribution in [0.5, 0.6) is 0 Å². The molecule has 0 fully saturated rings. The molecule has 0 aliphatic rings. The van der Waals surface area contributed by atoms with Crippen molar-refractivity contribution in [3.05, 3.63) is 35.7 Å². The van der Waals surface area contributed by atoms with Gasteiger partial charge >= 0.3 is 0 Å². The summed E-state index contributed by atoms with van der Waals surface area (Å²) in [4.78, 5) is 8.06. The lowest BCUT2D eigenvalue weighted by atomic mass is 10.5. The minimum atomic E-state index is -3.96. The largest absolute Gasteiger partial charge is 0.381 e. The molecule has 3 aromatic rings. The number of halogens is 1. The second-order valence-electron chi connectivity index (χ2n) is 3.82. The zero-order valence-corrected chi connectivity index (χ0v) is 11.4. The predicted molar refractivity (Wildman–Crippen MR) is 72.5 cm³/mol. The first-order valence-corrected chi connectivity index (χ1v) is 7.69. The van der Waals surface area contributed by atoms with Gasteiger partial charge in [-0.2, -0.15) is 8.42 Å². The molecule has 20 heavy (non-hydrogen) atoms. The van der Waals surface area contributed by atoms with Gasteiger partial charge in [-0.25, -0.2) is 14.4 Å². The number of anilines is 2. The zero-order chi connectivity index (χ0) is 14.3. The van der Waals surface area contributed by atoms with E-state index >= 15 is 0 Å². The lowest BCUT2D eigenvalue weighted by Gasteiger charge is -2.06. The summed E-state index contributed by atoms with van der Waals surface area (Å²) in [6.07, 6.45) is 2.47. The topological polar surface area (TPSA) is 102 Å². The maximum Gasteiger partial charge on any atom is 0.282 e. The molecule has 104 valence electrons. The zero-order valence-electron chi connectivity index (χ0n) is 9.82. The van der Waals surface area contributed by atoms with Crippen molar-refractivity contribution in [3.63, 3.8) is 0 Å². The highest BCUT2D eigenvalue weighted by Gasteiger charge is 2.25. The number of hydrogen-bond acceptors (Lipinski definition) is 6. The third-order valence-electron chi connectivity index (χ3n) is 2.46. The first-order chi connectivity index (χ1) is 9.47. The minimum Gasteiger partial charge on any atom is -0.381 e. The maximum absolute atomic E-state index is 12.8. The van der Waals surface area contributed by atoms with E-state index in [0.717, 1.165) is 12.3 Å². The van der Waals surface area contributed by atoms with Crippen LogP contribution in [0.3, 0.4) is 0 Å². The number of pyridine rings is 1. The summed E-state index contributed by atoms with van der Waals surface area (Å²) in [5.74, 6) is -0.667. The van der Waals surface area contributed by atoms with Crippen LogP contribution < -0.4 is 10.5 Å². The Balaban J connectivity index is 2.05. The smallest absolute Gasteiger partial charge is 0.282 e. The number of aromatic nitrogens is 3. The fraction of sp³-hybridized carbons (Fsp3) is 0. The average molecular weight is 313 g/mol. The lowest BCUT2D eigenvalue weighted by molar-refractivity contribution is 0.596. The van der Waals surface area contributed by atoms with E-state index < -0.39 is 15.8 Å². The molecule has 7 nitrogen and oxygen atoms in total. The molecular formula is C10H8FN5O2S2. The van der Waals surface area contributed by atoms with Gasteiger partial charge in [0.1, 0.15) is 11.6 Å². The molecule has 3 rings (SSSR count). The van der Waals surface area contributed by atoms with Crippen LogP contribution in [0.1, 0.15) is 0 Å². The van der Waals surface area contributed by atoms with Crippen LogP contribution in [-0.2, 0) is 10.0 Å². The quantitative estimate of drug-likeness (QED) is 0.759. The van der Waals surface area contributed by atoms with Gasteiger partial charge in [0.2, 0.25) is 5.03 Å². The highest BCUT2D eigenvalue weighted by Crippen LogP contribution is 2.24. The molecule has 3 aromatic heterocycles. The molecule has 0 bridgehead atoms. The van der Waals surface area contributed by atoms with Gasteiger partial charge in [0, 0.05) is 11.6 Å². The molecule has 0 radical (unpaired) electrons. The fourth-order valence-electron chi connectivity index (χ4n) is 1.67. The molecule has 0 spiro atoms. The molecule has 3 heterocycles. The van der Waals surface area contributed by atoms with Crippen LogP contribution in [0, 0.1) is 5.82 Å². The highest BCUT2D eigenvalue weighted by atomic mass is 32.2. The number of nitrogens with one attached hydrogen (secondary N) is 1. The number of fused-ring (bicyclic) bond motifs is 1. The summed E-state index contributed by atoms with van der Waals surface area (Å²) in [5, 5.41) is 1.52. The number of hydrogen-bond donors (Lipinski definition) is 2. The maximum atomic E-state index is 12.8. The highest BCUT2D eigenvalue weighted by molar-refractivity contribution is 7.92. The van der Waals surface area contributed by atoms with Crippen molar-refractivity contribution in [2.24, 2.45) is 0 Å². The van der Waals surface area contributed by atoms with E-state index in [4.69, 9.17) is 5.73 Å². The van der Waals surface area contributed by atoms with Crippen LogP contribution in [0.2, 0.25) is 0 Å². The lowest BCUT2D eigenvalue weighted by Crippen LogP contribution is -2.17. The van der Waals surface area contributed by atoms with Crippen LogP contribution >= 0.6 is 11.3 Å². The third-order valence-corrected chi connectivity index (χ3v) is 4.61. The van der Waals surface area contributed by atoms with E-state index in [0.29, 0.717) is 4.96 Å². The normalized spacial score (nSPS) is 11.8. The Hall–Kier alpha value is -2.20. The van der Waals surface area contributed by atoms with Gasteiger partial charge in [-0.1, -0.05) is 0 Å². The molecular weight excluding hydrogens is 305 g/mol. The summed E-state index contributed by atoms with van der Waals surface area (Å²) in [5.41, 5.74) is 5.64. The molecule has 0 amide bonds. The number of nitrogens with two attached hydrogens (primary N) is 1. The molecule has 0 aromatic carbocycles. The molecule has 3 N–H and O–H groups in total. The Kier molecular flexibility index (Phi) is 2.83. The Bertz CT molecular complexity index is 869. The predicted octanol–water partition coefficient (Wildman–Crippen LogP) is 1.31. The Morgan fingerprint density at radius 3 is 2.90 bits per heavy atom. The second kappa shape index (κ2) is 4.42. The molecule has 10 heteroatoms. The van der Waals surface area contributed by atoms with Gasteiger partial charge in [-0.05, 0) is 12.1 Å². The van der Waals surface area contributed by atoms with E-state index in [9.17, 15) is 12.8 Å². The van der Waals surface area contributed by atoms with Crippen molar-refractivity contribution in [2.75, 3.05) is 10.5 Å². The molecule has 0 unspecified atom stereocenters. The fourth-order valence-corrected chi connectivity index (χ4v) is 3.67. The van der Waals surface area contributed by atoms with Gasteiger partial charge in [-0.3, -0.25) is 9.12 Å². The summed E-state index contributed by atoms with van der Waals surface area (Å²) in [6.45, 7) is 0. The number of thiazole rings is 1. The van der Waals surface area contributed by atoms with Crippen molar-refractivity contribution < 1.29 is 12.8 Å². The SMILES string of the molecule is Nc1nc2sccn2c1S(=O)(=O)Nc1ccc(F)cn1. The number of imidazole rings is 1. The minimum absolute atomic E-state index is 0.00372. The van der Waals surface area contributed by atoms with Crippen LogP contribution in [0.15, 0.2) is 34.9 Å². The average Bonchev–Trinajstić information content (AvgIpc) is 2.91. The van der Waals surface area contributed by atoms with Crippen molar-refractivity contribution in [2.45, 2.75) is 5.03 Å². The number of sulfonamides is 1. The first kappa shape index (κ1) is 12.8. The van der Waals surface area contributed by atoms with Gasteiger partial charge in [0.05, 0.1) is 6.20 Å². The number of rotatable bonds is 3. The van der Waals surface area contributed by atoms with E-state index in [2.05, 4.69) is 14.7 Å². The van der Waals surface area contributed by atoms with Gasteiger partial charge in [-0.15, -0.1) is 11.3 Å². The molecule has 0 saturated heterocycles. The summed E-state index contributed by atoms with van der Waals surface area (Å²) >= 11 is 1.26. The van der Waals surface area contributed by atoms with E-state index in [1.807, 2.05) is 0 Å². The molecule has 0 aliphatic heterocycles. The van der Waals surface area contributed by atoms with Gasteiger partial charge < -0.3 is 5.73 Å². The van der Waals surface area contributed by atoms with Crippen LogP contribution in [0.4, 0.5) is 16.0 Å². The summed E-state index contributed by atoms with van der Waals surface area (Å²) in [7, 11) is -3.96. The molecule has 0 aliphatic carbocycles. The summed E-state index contributed by atoms with van der Waals surface area (Å²) < 4.78 is 40.9. The van der Waals surface area contributed by atoms with Gasteiger partial charge in [0.15, 0.2) is 10.8 Å². The number of nitrogens with zero attached hydrogens (tertiary/aromatic N) is 3. The second-order valence-corrected chi connectivity index (χ2v) is 6.30. The monoisotopic (exact) mass is 313 g/mol. The van der Waals surface area contributed by atoms with Crippen LogP contribution in [0.25, 0.3) is 4.96 Å². The van der Waals surface area contributed by atoms with E-state index in [1.54, 1.807) is 11.6 Å². The van der Waals surface area contributed by atoms with E-state index in [-0.39, 0.29) is 16.7 Å². The molecule has 0 atom stereocenters. The Morgan fingerprint density at radius 2 is 2.20 bits per heavy atom. The Morgan fingerprint density at radius 1 is 1.40 bits per heavy atom. The van der Waals surface area contributed by atoms with E-state index in [1.165, 1.54) is 21.8 Å². The van der Waals surface area contributed by atoms with Crippen LogP contribution in [-0.4, -0.2) is 22.8 Å². The third kappa shape index (κ3) is 2.08. The number of nitrogen functional groups attached to an aromatic ring is 1. The van der Waals surface area contributed by atoms with Crippen molar-refractivity contribution >= 4 is 38.0 Å². The van der Waals surface area contributed by atoms with Gasteiger partial charge in [0.25, 0.3) is 10.0 Å². The standard InChI is InChI=1S/C10H8FN5O2S2/c11-6-1-2-7(13-5-6)15-20(17,18)9-8(12)14-10-16(9)3-4-19-10/h1-5H,12H2,(H,13,15). The van der Waals surface area contributed by atoms with Crippen molar-refractivity contribution in [3.8, 4) is 0 Å². The summed E-state index contributed by atoms with van der Waals surface area (Å²) in [6, 6.07) is 2.32. The Labute approximate surface area is 117 Å².